The van der Waals surface area contributed by atoms with Crippen molar-refractivity contribution in [3.8, 4) is 5.75 Å². The van der Waals surface area contributed by atoms with Gasteiger partial charge < -0.3 is 15.2 Å². The van der Waals surface area contributed by atoms with E-state index in [0.29, 0.717) is 6.54 Å². The summed E-state index contributed by atoms with van der Waals surface area (Å²) >= 11 is 0. The summed E-state index contributed by atoms with van der Waals surface area (Å²) < 4.78 is 5.20. The maximum Gasteiger partial charge on any atom is 0.238 e. The van der Waals surface area contributed by atoms with Crippen LogP contribution in [0.25, 0.3) is 0 Å². The molecule has 1 amide bonds. The second kappa shape index (κ2) is 10.1. The number of rotatable bonds is 9. The highest BCUT2D eigenvalue weighted by Gasteiger charge is 2.23. The second-order valence-corrected chi connectivity index (χ2v) is 7.16. The second-order valence-electron chi connectivity index (χ2n) is 7.16. The molecule has 0 saturated carbocycles. The largest absolute Gasteiger partial charge is 0.497 e. The van der Waals surface area contributed by atoms with Gasteiger partial charge in [-0.25, -0.2) is 0 Å². The van der Waals surface area contributed by atoms with Crippen molar-refractivity contribution in [1.29, 1.82) is 0 Å². The number of aryl methyl sites for hydroxylation is 1. The Labute approximate surface area is 162 Å². The lowest BCUT2D eigenvalue weighted by Crippen LogP contribution is -2.45. The average molecular weight is 370 g/mol. The fourth-order valence-electron chi connectivity index (χ4n) is 3.11. The predicted octanol–water partition coefficient (Wildman–Crippen LogP) is 3.46. The maximum absolute atomic E-state index is 12.6. The van der Waals surface area contributed by atoms with Crippen LogP contribution < -0.4 is 10.1 Å². The molecule has 5 nitrogen and oxygen atoms in total. The smallest absolute Gasteiger partial charge is 0.238 e. The molecule has 27 heavy (non-hydrogen) atoms. The SMILES string of the molecule is COc1ccc(CN(CC(=O)Nc2cccc(C)c2)[C@H](CO)C(C)C)cc1. The number of aliphatic hydroxyl groups is 1. The standard InChI is InChI=1S/C22H30N2O3/c1-16(2)21(15-25)24(13-18-8-10-20(27-4)11-9-18)14-22(26)23-19-7-5-6-17(3)12-19/h5-12,16,21,25H,13-15H2,1-4H3,(H,23,26)/t21-/m1/s1. The Morgan fingerprint density at radius 2 is 1.89 bits per heavy atom. The lowest BCUT2D eigenvalue weighted by molar-refractivity contribution is -0.118. The molecular formula is C22H30N2O3. The van der Waals surface area contributed by atoms with Crippen LogP contribution in [0.3, 0.4) is 0 Å². The quantitative estimate of drug-likeness (QED) is 0.710. The average Bonchev–Trinajstić information content (AvgIpc) is 2.62. The van der Waals surface area contributed by atoms with Gasteiger partial charge in [0.2, 0.25) is 5.91 Å². The van der Waals surface area contributed by atoms with E-state index in [-0.39, 0.29) is 31.0 Å². The molecule has 1 atom stereocenters. The minimum Gasteiger partial charge on any atom is -0.497 e. The van der Waals surface area contributed by atoms with Crippen molar-refractivity contribution in [2.75, 3.05) is 25.6 Å². The van der Waals surface area contributed by atoms with Gasteiger partial charge in [-0.2, -0.15) is 0 Å². The van der Waals surface area contributed by atoms with E-state index < -0.39 is 0 Å². The van der Waals surface area contributed by atoms with E-state index >= 15 is 0 Å². The number of ether oxygens (including phenoxy) is 1. The highest BCUT2D eigenvalue weighted by atomic mass is 16.5. The molecule has 0 radical (unpaired) electrons. The molecule has 0 bridgehead atoms. The van der Waals surface area contributed by atoms with Crippen molar-refractivity contribution in [1.82, 2.24) is 4.90 Å². The van der Waals surface area contributed by atoms with Crippen LogP contribution in [0.15, 0.2) is 48.5 Å². The third-order valence-corrected chi connectivity index (χ3v) is 4.62. The van der Waals surface area contributed by atoms with E-state index in [2.05, 4.69) is 19.2 Å². The lowest BCUT2D eigenvalue weighted by Gasteiger charge is -2.32. The van der Waals surface area contributed by atoms with Crippen molar-refractivity contribution >= 4 is 11.6 Å². The summed E-state index contributed by atoms with van der Waals surface area (Å²) in [6.45, 7) is 6.90. The van der Waals surface area contributed by atoms with Crippen molar-refractivity contribution < 1.29 is 14.6 Å². The lowest BCUT2D eigenvalue weighted by atomic mass is 10.0. The topological polar surface area (TPSA) is 61.8 Å². The van der Waals surface area contributed by atoms with Gasteiger partial charge in [-0.1, -0.05) is 38.1 Å². The third-order valence-electron chi connectivity index (χ3n) is 4.62. The van der Waals surface area contributed by atoms with Crippen LogP contribution in [0.2, 0.25) is 0 Å². The molecular weight excluding hydrogens is 340 g/mol. The summed E-state index contributed by atoms with van der Waals surface area (Å²) in [7, 11) is 1.64. The van der Waals surface area contributed by atoms with Gasteiger partial charge in [-0.15, -0.1) is 0 Å². The third kappa shape index (κ3) is 6.38. The molecule has 0 unspecified atom stereocenters. The van der Waals surface area contributed by atoms with Gasteiger partial charge in [0.1, 0.15) is 5.75 Å². The van der Waals surface area contributed by atoms with Crippen LogP contribution in [0.1, 0.15) is 25.0 Å². The number of anilines is 1. The first-order valence-corrected chi connectivity index (χ1v) is 9.27. The van der Waals surface area contributed by atoms with Crippen LogP contribution in [-0.4, -0.2) is 42.2 Å². The van der Waals surface area contributed by atoms with E-state index in [0.717, 1.165) is 22.6 Å². The van der Waals surface area contributed by atoms with Crippen molar-refractivity contribution in [3.05, 3.63) is 59.7 Å². The fraction of sp³-hybridized carbons (Fsp3) is 0.409. The monoisotopic (exact) mass is 370 g/mol. The Kier molecular flexibility index (Phi) is 7.82. The Balaban J connectivity index is 2.12. The Morgan fingerprint density at radius 3 is 2.44 bits per heavy atom. The van der Waals surface area contributed by atoms with Gasteiger partial charge in [-0.3, -0.25) is 9.69 Å². The Bertz CT molecular complexity index is 729. The van der Waals surface area contributed by atoms with Crippen LogP contribution in [-0.2, 0) is 11.3 Å². The first-order chi connectivity index (χ1) is 12.9. The molecule has 0 aliphatic rings. The Morgan fingerprint density at radius 1 is 1.19 bits per heavy atom. The van der Waals surface area contributed by atoms with Crippen LogP contribution >= 0.6 is 0 Å². The van der Waals surface area contributed by atoms with Crippen LogP contribution in [0, 0.1) is 12.8 Å². The number of carbonyl (C=O) groups excluding carboxylic acids is 1. The molecule has 0 heterocycles. The summed E-state index contributed by atoms with van der Waals surface area (Å²) in [6.07, 6.45) is 0. The summed E-state index contributed by atoms with van der Waals surface area (Å²) in [4.78, 5) is 14.6. The normalized spacial score (nSPS) is 12.3. The van der Waals surface area contributed by atoms with Gasteiger partial charge in [0.25, 0.3) is 0 Å². The Hall–Kier alpha value is -2.37. The number of nitrogens with zero attached hydrogens (tertiary/aromatic N) is 1. The zero-order valence-corrected chi connectivity index (χ0v) is 16.6. The van der Waals surface area contributed by atoms with Crippen molar-refractivity contribution in [2.24, 2.45) is 5.92 Å². The van der Waals surface area contributed by atoms with Crippen molar-refractivity contribution in [3.63, 3.8) is 0 Å². The summed E-state index contributed by atoms with van der Waals surface area (Å²) in [5.74, 6) is 0.929. The molecule has 146 valence electrons. The first kappa shape index (κ1) is 20.9. The molecule has 2 N–H and O–H groups in total. The van der Waals surface area contributed by atoms with Gasteiger partial charge in [0, 0.05) is 18.3 Å². The van der Waals surface area contributed by atoms with E-state index in [1.807, 2.05) is 60.4 Å². The zero-order valence-electron chi connectivity index (χ0n) is 16.6. The molecule has 2 rings (SSSR count). The van der Waals surface area contributed by atoms with E-state index in [9.17, 15) is 9.90 Å². The number of methoxy groups -OCH3 is 1. The molecule has 5 heteroatoms. The van der Waals surface area contributed by atoms with E-state index in [1.54, 1.807) is 7.11 Å². The highest BCUT2D eigenvalue weighted by molar-refractivity contribution is 5.92. The van der Waals surface area contributed by atoms with Gasteiger partial charge in [-0.05, 0) is 48.2 Å². The van der Waals surface area contributed by atoms with Gasteiger partial charge in [0.05, 0.1) is 20.3 Å². The van der Waals surface area contributed by atoms with Crippen molar-refractivity contribution in [2.45, 2.75) is 33.4 Å². The van der Waals surface area contributed by atoms with E-state index in [1.165, 1.54) is 0 Å². The zero-order chi connectivity index (χ0) is 19.8. The number of aliphatic hydroxyl groups excluding tert-OH is 1. The maximum atomic E-state index is 12.6. The van der Waals surface area contributed by atoms with E-state index in [4.69, 9.17) is 4.74 Å². The summed E-state index contributed by atoms with van der Waals surface area (Å²) in [5, 5.41) is 12.8. The molecule has 2 aromatic carbocycles. The molecule has 0 spiro atoms. The molecule has 2 aromatic rings. The van der Waals surface area contributed by atoms with Crippen LogP contribution in [0.5, 0.6) is 5.75 Å². The molecule has 0 saturated heterocycles. The summed E-state index contributed by atoms with van der Waals surface area (Å²) in [5.41, 5.74) is 2.95. The predicted molar refractivity (Wildman–Crippen MR) is 109 cm³/mol. The number of hydrogen-bond acceptors (Lipinski definition) is 4. The number of hydrogen-bond donors (Lipinski definition) is 2. The first-order valence-electron chi connectivity index (χ1n) is 9.27. The highest BCUT2D eigenvalue weighted by Crippen LogP contribution is 2.18. The number of benzene rings is 2. The summed E-state index contributed by atoms with van der Waals surface area (Å²) in [6, 6.07) is 15.4. The van der Waals surface area contributed by atoms with Gasteiger partial charge >= 0.3 is 0 Å². The molecule has 0 fully saturated rings. The molecule has 0 aliphatic carbocycles. The minimum atomic E-state index is -0.102. The van der Waals surface area contributed by atoms with Crippen LogP contribution in [0.4, 0.5) is 5.69 Å². The molecule has 0 aliphatic heterocycles. The van der Waals surface area contributed by atoms with Gasteiger partial charge in [0.15, 0.2) is 0 Å². The number of carbonyl (C=O) groups is 1. The number of nitrogens with one attached hydrogen (secondary N) is 1. The fourth-order valence-corrected chi connectivity index (χ4v) is 3.11. The molecule has 0 aromatic heterocycles. The number of amides is 1. The minimum absolute atomic E-state index is 0.00550.